The first kappa shape index (κ1) is 13.7. The number of aliphatic hydroxyl groups is 1. The van der Waals surface area contributed by atoms with E-state index in [0.29, 0.717) is 18.5 Å². The largest absolute Gasteiger partial charge is 0.388 e. The molecule has 0 spiro atoms. The van der Waals surface area contributed by atoms with Crippen LogP contribution >= 0.6 is 12.2 Å². The quantitative estimate of drug-likeness (QED) is 0.769. The van der Waals surface area contributed by atoms with Crippen molar-refractivity contribution in [3.05, 3.63) is 10.6 Å². The number of unbranched alkanes of at least 4 members (excludes halogenated alkanes) is 1. The molecule has 1 N–H and O–H groups in total. The van der Waals surface area contributed by atoms with E-state index < -0.39 is 0 Å². The summed E-state index contributed by atoms with van der Waals surface area (Å²) in [4.78, 5) is 2.21. The minimum Gasteiger partial charge on any atom is -0.388 e. The van der Waals surface area contributed by atoms with E-state index in [1.807, 2.05) is 9.25 Å². The highest BCUT2D eigenvalue weighted by Gasteiger charge is 2.28. The average Bonchev–Trinajstić information content (AvgIpc) is 3.14. The molecule has 0 aliphatic heterocycles. The van der Waals surface area contributed by atoms with E-state index in [1.165, 1.54) is 12.8 Å². The maximum Gasteiger partial charge on any atom is 0.199 e. The fourth-order valence-electron chi connectivity index (χ4n) is 2.09. The van der Waals surface area contributed by atoms with E-state index in [2.05, 4.69) is 24.0 Å². The molecule has 0 aromatic carbocycles. The Morgan fingerprint density at radius 3 is 2.78 bits per heavy atom. The van der Waals surface area contributed by atoms with Gasteiger partial charge in [0.15, 0.2) is 10.6 Å². The highest BCUT2D eigenvalue weighted by molar-refractivity contribution is 7.71. The van der Waals surface area contributed by atoms with Crippen molar-refractivity contribution >= 4 is 12.2 Å². The van der Waals surface area contributed by atoms with Gasteiger partial charge in [-0.05, 0) is 45.1 Å². The molecule has 18 heavy (non-hydrogen) atoms. The van der Waals surface area contributed by atoms with Crippen LogP contribution in [0.4, 0.5) is 0 Å². The van der Waals surface area contributed by atoms with Gasteiger partial charge in [-0.2, -0.15) is 5.10 Å². The summed E-state index contributed by atoms with van der Waals surface area (Å²) in [6.45, 7) is 3.89. The predicted molar refractivity (Wildman–Crippen MR) is 72.8 cm³/mol. The standard InChI is InChI=1S/C12H22N4OS/c1-3-4-7-14(2)9-15-12(18)16(10-5-6-10)11(8-17)13-15/h10,17H,3-9H2,1-2H3. The van der Waals surface area contributed by atoms with Crippen molar-refractivity contribution in [1.82, 2.24) is 19.2 Å². The Kier molecular flexibility index (Phi) is 4.53. The summed E-state index contributed by atoms with van der Waals surface area (Å²) in [5, 5.41) is 13.8. The van der Waals surface area contributed by atoms with Crippen LogP contribution in [0.1, 0.15) is 44.5 Å². The van der Waals surface area contributed by atoms with Crippen LogP contribution in [0.5, 0.6) is 0 Å². The van der Waals surface area contributed by atoms with Gasteiger partial charge >= 0.3 is 0 Å². The van der Waals surface area contributed by atoms with Gasteiger partial charge in [-0.25, -0.2) is 4.68 Å². The Hall–Kier alpha value is -0.720. The van der Waals surface area contributed by atoms with Crippen LogP contribution in [0.25, 0.3) is 0 Å². The van der Waals surface area contributed by atoms with E-state index >= 15 is 0 Å². The minimum atomic E-state index is -0.0359. The summed E-state index contributed by atoms with van der Waals surface area (Å²) >= 11 is 5.45. The van der Waals surface area contributed by atoms with E-state index in [0.717, 1.165) is 24.2 Å². The third kappa shape index (κ3) is 2.99. The predicted octanol–water partition coefficient (Wildman–Crippen LogP) is 1.93. The van der Waals surface area contributed by atoms with Gasteiger partial charge < -0.3 is 5.11 Å². The van der Waals surface area contributed by atoms with Crippen molar-refractivity contribution in [2.45, 2.75) is 51.9 Å². The minimum absolute atomic E-state index is 0.0359. The summed E-state index contributed by atoms with van der Waals surface area (Å²) in [6.07, 6.45) is 4.67. The topological polar surface area (TPSA) is 46.2 Å². The molecule has 1 heterocycles. The van der Waals surface area contributed by atoms with Crippen LogP contribution < -0.4 is 0 Å². The van der Waals surface area contributed by atoms with Crippen LogP contribution in [0, 0.1) is 4.77 Å². The van der Waals surface area contributed by atoms with E-state index in [4.69, 9.17) is 12.2 Å². The van der Waals surface area contributed by atoms with Gasteiger partial charge in [0.1, 0.15) is 6.61 Å². The normalized spacial score (nSPS) is 15.6. The maximum atomic E-state index is 9.35. The molecule has 0 atom stereocenters. The number of nitrogens with zero attached hydrogens (tertiary/aromatic N) is 4. The SMILES string of the molecule is CCCCN(C)Cn1nc(CO)n(C2CC2)c1=S. The zero-order valence-electron chi connectivity index (χ0n) is 11.2. The first-order valence-electron chi connectivity index (χ1n) is 6.65. The van der Waals surface area contributed by atoms with Crippen molar-refractivity contribution in [2.24, 2.45) is 0 Å². The smallest absolute Gasteiger partial charge is 0.199 e. The fraction of sp³-hybridized carbons (Fsp3) is 0.833. The molecule has 5 nitrogen and oxygen atoms in total. The van der Waals surface area contributed by atoms with Gasteiger partial charge in [-0.1, -0.05) is 13.3 Å². The van der Waals surface area contributed by atoms with Crippen molar-refractivity contribution in [3.63, 3.8) is 0 Å². The molecule has 1 saturated carbocycles. The Balaban J connectivity index is 2.11. The molecule has 1 aliphatic carbocycles. The lowest BCUT2D eigenvalue weighted by atomic mass is 10.3. The lowest BCUT2D eigenvalue weighted by Gasteiger charge is -2.15. The van der Waals surface area contributed by atoms with Crippen molar-refractivity contribution in [3.8, 4) is 0 Å². The second-order valence-corrected chi connectivity index (χ2v) is 5.40. The molecule has 0 radical (unpaired) electrons. The van der Waals surface area contributed by atoms with Gasteiger partial charge in [0.05, 0.1) is 6.67 Å². The van der Waals surface area contributed by atoms with Gasteiger partial charge in [-0.15, -0.1) is 0 Å². The Morgan fingerprint density at radius 2 is 2.22 bits per heavy atom. The van der Waals surface area contributed by atoms with Crippen LogP contribution in [-0.2, 0) is 13.3 Å². The third-order valence-electron chi connectivity index (χ3n) is 3.26. The monoisotopic (exact) mass is 270 g/mol. The van der Waals surface area contributed by atoms with E-state index in [9.17, 15) is 5.11 Å². The zero-order chi connectivity index (χ0) is 13.1. The number of rotatable bonds is 7. The highest BCUT2D eigenvalue weighted by Crippen LogP contribution is 2.36. The molecule has 0 unspecified atom stereocenters. The Bertz CT molecular complexity index is 449. The lowest BCUT2D eigenvalue weighted by Crippen LogP contribution is -2.24. The molecular formula is C12H22N4OS. The van der Waals surface area contributed by atoms with Crippen LogP contribution in [0.15, 0.2) is 0 Å². The molecule has 102 valence electrons. The third-order valence-corrected chi connectivity index (χ3v) is 3.67. The zero-order valence-corrected chi connectivity index (χ0v) is 12.0. The van der Waals surface area contributed by atoms with Gasteiger partial charge in [0.2, 0.25) is 0 Å². The summed E-state index contributed by atoms with van der Waals surface area (Å²) in [5.41, 5.74) is 0. The summed E-state index contributed by atoms with van der Waals surface area (Å²) in [6, 6.07) is 0.467. The van der Waals surface area contributed by atoms with Crippen LogP contribution in [-0.4, -0.2) is 37.9 Å². The number of aliphatic hydroxyl groups excluding tert-OH is 1. The first-order chi connectivity index (χ1) is 8.67. The fourth-order valence-corrected chi connectivity index (χ4v) is 2.45. The molecule has 1 aromatic rings. The summed E-state index contributed by atoms with van der Waals surface area (Å²) in [7, 11) is 2.08. The van der Waals surface area contributed by atoms with E-state index in [-0.39, 0.29) is 6.61 Å². The van der Waals surface area contributed by atoms with E-state index in [1.54, 1.807) is 0 Å². The molecule has 0 bridgehead atoms. The van der Waals surface area contributed by atoms with Crippen LogP contribution in [0.3, 0.4) is 0 Å². The van der Waals surface area contributed by atoms with Gasteiger partial charge in [-0.3, -0.25) is 9.47 Å². The number of hydrogen-bond acceptors (Lipinski definition) is 4. The second-order valence-electron chi connectivity index (χ2n) is 5.03. The molecule has 1 aliphatic rings. The van der Waals surface area contributed by atoms with Crippen molar-refractivity contribution in [1.29, 1.82) is 0 Å². The van der Waals surface area contributed by atoms with Gasteiger partial charge in [0, 0.05) is 6.04 Å². The first-order valence-corrected chi connectivity index (χ1v) is 7.05. The molecular weight excluding hydrogens is 248 g/mol. The Labute approximate surface area is 113 Å². The number of hydrogen-bond donors (Lipinski definition) is 1. The molecule has 0 saturated heterocycles. The summed E-state index contributed by atoms with van der Waals surface area (Å²) < 4.78 is 4.59. The van der Waals surface area contributed by atoms with Crippen LogP contribution in [0.2, 0.25) is 0 Å². The van der Waals surface area contributed by atoms with Crippen molar-refractivity contribution < 1.29 is 5.11 Å². The summed E-state index contributed by atoms with van der Waals surface area (Å²) in [5.74, 6) is 0.700. The molecule has 0 amide bonds. The van der Waals surface area contributed by atoms with Crippen molar-refractivity contribution in [2.75, 3.05) is 13.6 Å². The number of aromatic nitrogens is 3. The molecule has 2 rings (SSSR count). The molecule has 1 aromatic heterocycles. The molecule has 6 heteroatoms. The Morgan fingerprint density at radius 1 is 1.50 bits per heavy atom. The highest BCUT2D eigenvalue weighted by atomic mass is 32.1. The lowest BCUT2D eigenvalue weighted by molar-refractivity contribution is 0.242. The molecule has 1 fully saturated rings. The second kappa shape index (κ2) is 5.95. The maximum absolute atomic E-state index is 9.35. The van der Waals surface area contributed by atoms with Gasteiger partial charge in [0.25, 0.3) is 0 Å². The average molecular weight is 270 g/mol.